The molecule has 30 heavy (non-hydrogen) atoms. The SMILES string of the molecule is Cc1cc(C)nc(NS(=O)(=O)c2ccc(NC(=O)Cc3cccc(Br)c3F)cc2)n1. The third-order valence-electron chi connectivity index (χ3n) is 4.04. The zero-order valence-electron chi connectivity index (χ0n) is 16.1. The topological polar surface area (TPSA) is 101 Å². The molecule has 0 aliphatic heterocycles. The number of nitrogens with one attached hydrogen (secondary N) is 2. The van der Waals surface area contributed by atoms with Gasteiger partial charge in [-0.1, -0.05) is 12.1 Å². The van der Waals surface area contributed by atoms with Crippen molar-refractivity contribution in [2.24, 2.45) is 0 Å². The molecule has 0 saturated heterocycles. The van der Waals surface area contributed by atoms with Crippen molar-refractivity contribution >= 4 is 43.5 Å². The van der Waals surface area contributed by atoms with Crippen molar-refractivity contribution in [1.82, 2.24) is 9.97 Å². The molecule has 0 saturated carbocycles. The van der Waals surface area contributed by atoms with E-state index < -0.39 is 21.7 Å². The Labute approximate surface area is 181 Å². The number of hydrogen-bond acceptors (Lipinski definition) is 5. The molecule has 7 nitrogen and oxygen atoms in total. The van der Waals surface area contributed by atoms with Gasteiger partial charge in [-0.3, -0.25) is 4.79 Å². The normalized spacial score (nSPS) is 11.2. The summed E-state index contributed by atoms with van der Waals surface area (Å²) in [6, 6.07) is 12.0. The molecule has 0 radical (unpaired) electrons. The van der Waals surface area contributed by atoms with E-state index in [1.807, 2.05) is 0 Å². The Balaban J connectivity index is 1.69. The second-order valence-corrected chi connectivity index (χ2v) is 9.08. The van der Waals surface area contributed by atoms with Gasteiger partial charge in [-0.2, -0.15) is 0 Å². The van der Waals surface area contributed by atoms with Gasteiger partial charge < -0.3 is 5.32 Å². The first-order valence-electron chi connectivity index (χ1n) is 8.82. The molecule has 3 rings (SSSR count). The van der Waals surface area contributed by atoms with Crippen LogP contribution in [0.1, 0.15) is 17.0 Å². The summed E-state index contributed by atoms with van der Waals surface area (Å²) in [5, 5.41) is 2.62. The summed E-state index contributed by atoms with van der Waals surface area (Å²) in [6.45, 7) is 3.48. The number of carbonyl (C=O) groups is 1. The number of halogens is 2. The highest BCUT2D eigenvalue weighted by molar-refractivity contribution is 9.10. The molecule has 0 unspecified atom stereocenters. The van der Waals surface area contributed by atoms with Crippen LogP contribution in [0.25, 0.3) is 0 Å². The van der Waals surface area contributed by atoms with Crippen molar-refractivity contribution < 1.29 is 17.6 Å². The van der Waals surface area contributed by atoms with E-state index in [4.69, 9.17) is 0 Å². The van der Waals surface area contributed by atoms with E-state index in [0.717, 1.165) is 0 Å². The molecule has 2 aromatic carbocycles. The van der Waals surface area contributed by atoms with Crippen molar-refractivity contribution in [1.29, 1.82) is 0 Å². The van der Waals surface area contributed by atoms with E-state index in [1.54, 1.807) is 32.0 Å². The lowest BCUT2D eigenvalue weighted by Crippen LogP contribution is -2.17. The minimum atomic E-state index is -3.89. The highest BCUT2D eigenvalue weighted by Crippen LogP contribution is 2.20. The number of amides is 1. The summed E-state index contributed by atoms with van der Waals surface area (Å²) in [5.74, 6) is -0.931. The average molecular weight is 493 g/mol. The zero-order chi connectivity index (χ0) is 21.9. The summed E-state index contributed by atoms with van der Waals surface area (Å²) >= 11 is 3.08. The van der Waals surface area contributed by atoms with Gasteiger partial charge in [0.15, 0.2) is 0 Å². The second-order valence-electron chi connectivity index (χ2n) is 6.54. The zero-order valence-corrected chi connectivity index (χ0v) is 18.5. The van der Waals surface area contributed by atoms with Crippen LogP contribution in [0, 0.1) is 19.7 Å². The highest BCUT2D eigenvalue weighted by atomic mass is 79.9. The van der Waals surface area contributed by atoms with E-state index in [2.05, 4.69) is 35.9 Å². The minimum Gasteiger partial charge on any atom is -0.326 e. The Bertz CT molecular complexity index is 1180. The Kier molecular flexibility index (Phi) is 6.47. The van der Waals surface area contributed by atoms with Crippen LogP contribution in [0.2, 0.25) is 0 Å². The minimum absolute atomic E-state index is 0.0127. The predicted molar refractivity (Wildman–Crippen MR) is 115 cm³/mol. The van der Waals surface area contributed by atoms with Gasteiger partial charge in [-0.15, -0.1) is 0 Å². The average Bonchev–Trinajstić information content (AvgIpc) is 2.64. The molecule has 10 heteroatoms. The number of nitrogens with zero attached hydrogens (tertiary/aromatic N) is 2. The van der Waals surface area contributed by atoms with Crippen molar-refractivity contribution in [2.45, 2.75) is 25.2 Å². The molecule has 0 fully saturated rings. The number of benzene rings is 2. The molecule has 3 aromatic rings. The lowest BCUT2D eigenvalue weighted by Gasteiger charge is -2.10. The van der Waals surface area contributed by atoms with Gasteiger partial charge in [-0.05, 0) is 71.7 Å². The summed E-state index contributed by atoms with van der Waals surface area (Å²) in [5.41, 5.74) is 1.91. The fourth-order valence-electron chi connectivity index (χ4n) is 2.73. The van der Waals surface area contributed by atoms with Gasteiger partial charge in [0, 0.05) is 17.1 Å². The van der Waals surface area contributed by atoms with Crippen molar-refractivity contribution in [2.75, 3.05) is 10.0 Å². The maximum atomic E-state index is 14.0. The summed E-state index contributed by atoms with van der Waals surface area (Å²) in [7, 11) is -3.89. The number of anilines is 2. The predicted octanol–water partition coefficient (Wildman–Crippen LogP) is 3.98. The molecule has 0 aliphatic rings. The van der Waals surface area contributed by atoms with Crippen LogP contribution in [0.15, 0.2) is 57.9 Å². The molecular weight excluding hydrogens is 475 g/mol. The molecule has 2 N–H and O–H groups in total. The maximum absolute atomic E-state index is 14.0. The van der Waals surface area contributed by atoms with Crippen LogP contribution < -0.4 is 10.0 Å². The number of rotatable bonds is 6. The fourth-order valence-corrected chi connectivity index (χ4v) is 4.08. The van der Waals surface area contributed by atoms with E-state index in [1.165, 1.54) is 30.3 Å². The Morgan fingerprint density at radius 1 is 1.07 bits per heavy atom. The van der Waals surface area contributed by atoms with Crippen LogP contribution in [0.3, 0.4) is 0 Å². The molecule has 0 atom stereocenters. The Morgan fingerprint density at radius 3 is 2.33 bits per heavy atom. The summed E-state index contributed by atoms with van der Waals surface area (Å²) in [6.07, 6.45) is -0.156. The van der Waals surface area contributed by atoms with Crippen LogP contribution in [0.5, 0.6) is 0 Å². The van der Waals surface area contributed by atoms with Crippen LogP contribution >= 0.6 is 15.9 Å². The Morgan fingerprint density at radius 2 is 1.70 bits per heavy atom. The molecule has 0 aliphatic carbocycles. The molecule has 1 aromatic heterocycles. The molecule has 156 valence electrons. The van der Waals surface area contributed by atoms with E-state index in [-0.39, 0.29) is 27.3 Å². The second kappa shape index (κ2) is 8.88. The van der Waals surface area contributed by atoms with E-state index in [9.17, 15) is 17.6 Å². The van der Waals surface area contributed by atoms with Crippen molar-refractivity contribution in [3.05, 3.63) is 75.8 Å². The highest BCUT2D eigenvalue weighted by Gasteiger charge is 2.17. The fraction of sp³-hybridized carbons (Fsp3) is 0.150. The number of sulfonamides is 1. The van der Waals surface area contributed by atoms with Gasteiger partial charge in [0.2, 0.25) is 11.9 Å². The number of aryl methyl sites for hydroxylation is 2. The van der Waals surface area contributed by atoms with Gasteiger partial charge in [0.25, 0.3) is 10.0 Å². The molecular formula is C20H18BrFN4O3S. The number of aromatic nitrogens is 2. The molecule has 0 spiro atoms. The number of hydrogen-bond donors (Lipinski definition) is 2. The molecule has 0 bridgehead atoms. The maximum Gasteiger partial charge on any atom is 0.264 e. The first-order valence-corrected chi connectivity index (χ1v) is 11.1. The van der Waals surface area contributed by atoms with E-state index >= 15 is 0 Å². The third kappa shape index (κ3) is 5.39. The van der Waals surface area contributed by atoms with Gasteiger partial charge >= 0.3 is 0 Å². The van der Waals surface area contributed by atoms with E-state index in [0.29, 0.717) is 17.1 Å². The van der Waals surface area contributed by atoms with Crippen LogP contribution in [-0.2, 0) is 21.2 Å². The Hall–Kier alpha value is -2.85. The number of carbonyl (C=O) groups excluding carboxylic acids is 1. The summed E-state index contributed by atoms with van der Waals surface area (Å²) in [4.78, 5) is 20.3. The first-order chi connectivity index (χ1) is 14.1. The van der Waals surface area contributed by atoms with Gasteiger partial charge in [0.05, 0.1) is 15.8 Å². The first kappa shape index (κ1) is 21.8. The van der Waals surface area contributed by atoms with Crippen LogP contribution in [-0.4, -0.2) is 24.3 Å². The van der Waals surface area contributed by atoms with Crippen molar-refractivity contribution in [3.63, 3.8) is 0 Å². The largest absolute Gasteiger partial charge is 0.326 e. The summed E-state index contributed by atoms with van der Waals surface area (Å²) < 4.78 is 41.7. The lowest BCUT2D eigenvalue weighted by atomic mass is 10.1. The van der Waals surface area contributed by atoms with Crippen LogP contribution in [0.4, 0.5) is 16.0 Å². The molecule has 1 amide bonds. The smallest absolute Gasteiger partial charge is 0.264 e. The van der Waals surface area contributed by atoms with Gasteiger partial charge in [-0.25, -0.2) is 27.5 Å². The third-order valence-corrected chi connectivity index (χ3v) is 6.00. The molecule has 1 heterocycles. The lowest BCUT2D eigenvalue weighted by molar-refractivity contribution is -0.115. The quantitative estimate of drug-likeness (QED) is 0.541. The van der Waals surface area contributed by atoms with Crippen molar-refractivity contribution in [3.8, 4) is 0 Å². The van der Waals surface area contributed by atoms with Gasteiger partial charge in [0.1, 0.15) is 5.82 Å². The standard InChI is InChI=1S/C20H18BrFN4O3S/c1-12-10-13(2)24-20(23-12)26-30(28,29)16-8-6-15(7-9-16)25-18(27)11-14-4-3-5-17(21)19(14)22/h3-10H,11H2,1-2H3,(H,25,27)(H,23,24,26). The monoisotopic (exact) mass is 492 g/mol.